The molecule has 0 amide bonds. The summed E-state index contributed by atoms with van der Waals surface area (Å²) in [6.45, 7) is 4.63. The van der Waals surface area contributed by atoms with Gasteiger partial charge < -0.3 is 10.2 Å². The van der Waals surface area contributed by atoms with Crippen molar-refractivity contribution in [3.8, 4) is 16.6 Å². The number of benzene rings is 1. The van der Waals surface area contributed by atoms with Crippen LogP contribution in [-0.4, -0.2) is 25.1 Å². The van der Waals surface area contributed by atoms with Gasteiger partial charge in [0.2, 0.25) is 0 Å². The standard InChI is InChI=1S/C21H24N4S2/c1-16-24-20(15-26-16)21-9-8-19(27-21)10-12-23-14-17-4-6-18(7-5-17)25(2)13-3-11-22/h4-9,15,23H,3,10,12-14H2,1-2H3. The monoisotopic (exact) mass is 396 g/mol. The van der Waals surface area contributed by atoms with E-state index in [4.69, 9.17) is 5.26 Å². The van der Waals surface area contributed by atoms with Crippen molar-refractivity contribution >= 4 is 28.4 Å². The van der Waals surface area contributed by atoms with Crippen LogP contribution in [0.3, 0.4) is 0 Å². The lowest BCUT2D eigenvalue weighted by molar-refractivity contribution is 0.690. The van der Waals surface area contributed by atoms with Gasteiger partial charge in [-0.05, 0) is 43.2 Å². The first-order valence-electron chi connectivity index (χ1n) is 9.04. The second-order valence-electron chi connectivity index (χ2n) is 6.44. The van der Waals surface area contributed by atoms with E-state index in [-0.39, 0.29) is 0 Å². The molecule has 0 radical (unpaired) electrons. The van der Waals surface area contributed by atoms with E-state index in [0.717, 1.165) is 42.4 Å². The minimum atomic E-state index is 0.548. The third-order valence-corrected chi connectivity index (χ3v) is 6.29. The van der Waals surface area contributed by atoms with Crippen molar-refractivity contribution in [2.24, 2.45) is 0 Å². The first kappa shape index (κ1) is 19.6. The predicted octanol–water partition coefficient (Wildman–Crippen LogP) is 4.86. The number of thiazole rings is 1. The fourth-order valence-corrected chi connectivity index (χ4v) is 4.44. The summed E-state index contributed by atoms with van der Waals surface area (Å²) in [6.07, 6.45) is 1.58. The van der Waals surface area contributed by atoms with Crippen LogP contribution >= 0.6 is 22.7 Å². The van der Waals surface area contributed by atoms with Crippen molar-refractivity contribution in [3.63, 3.8) is 0 Å². The molecule has 3 rings (SSSR count). The maximum absolute atomic E-state index is 8.68. The molecule has 2 heterocycles. The van der Waals surface area contributed by atoms with Gasteiger partial charge in [0, 0.05) is 42.6 Å². The molecule has 2 aromatic heterocycles. The zero-order valence-corrected chi connectivity index (χ0v) is 17.4. The average molecular weight is 397 g/mol. The summed E-state index contributed by atoms with van der Waals surface area (Å²) in [4.78, 5) is 9.31. The molecule has 0 saturated heterocycles. The molecule has 0 bridgehead atoms. The Balaban J connectivity index is 1.42. The normalized spacial score (nSPS) is 10.7. The van der Waals surface area contributed by atoms with Gasteiger partial charge in [0.05, 0.1) is 28.1 Å². The van der Waals surface area contributed by atoms with Gasteiger partial charge in [0.25, 0.3) is 0 Å². The van der Waals surface area contributed by atoms with Crippen molar-refractivity contribution in [1.29, 1.82) is 5.26 Å². The van der Waals surface area contributed by atoms with Crippen LogP contribution in [0.25, 0.3) is 10.6 Å². The molecule has 3 aromatic rings. The fraction of sp³-hybridized carbons (Fsp3) is 0.333. The third kappa shape index (κ3) is 5.64. The number of anilines is 1. The lowest BCUT2D eigenvalue weighted by atomic mass is 10.2. The topological polar surface area (TPSA) is 52.0 Å². The van der Waals surface area contributed by atoms with Crippen LogP contribution in [0.1, 0.15) is 21.9 Å². The van der Waals surface area contributed by atoms with Gasteiger partial charge in [-0.25, -0.2) is 4.98 Å². The summed E-state index contributed by atoms with van der Waals surface area (Å²) in [5.41, 5.74) is 3.52. The van der Waals surface area contributed by atoms with Crippen molar-refractivity contribution < 1.29 is 0 Å². The molecule has 0 saturated carbocycles. The smallest absolute Gasteiger partial charge is 0.0914 e. The van der Waals surface area contributed by atoms with Crippen LogP contribution in [0, 0.1) is 18.3 Å². The molecule has 1 N–H and O–H groups in total. The largest absolute Gasteiger partial charge is 0.374 e. The summed E-state index contributed by atoms with van der Waals surface area (Å²) in [7, 11) is 2.02. The highest BCUT2D eigenvalue weighted by Gasteiger charge is 2.06. The summed E-state index contributed by atoms with van der Waals surface area (Å²) in [5.74, 6) is 0. The molecule has 0 fully saturated rings. The van der Waals surface area contributed by atoms with E-state index in [1.807, 2.05) is 25.3 Å². The summed E-state index contributed by atoms with van der Waals surface area (Å²) in [6, 6.07) is 15.1. The van der Waals surface area contributed by atoms with E-state index in [2.05, 4.69) is 63.0 Å². The highest BCUT2D eigenvalue weighted by Crippen LogP contribution is 2.29. The molecular weight excluding hydrogens is 372 g/mol. The maximum Gasteiger partial charge on any atom is 0.0914 e. The zero-order chi connectivity index (χ0) is 19.1. The average Bonchev–Trinajstić information content (AvgIpc) is 3.32. The second kappa shape index (κ2) is 9.65. The molecule has 0 unspecified atom stereocenters. The van der Waals surface area contributed by atoms with Gasteiger partial charge in [-0.1, -0.05) is 12.1 Å². The number of thiophene rings is 1. The van der Waals surface area contributed by atoms with Gasteiger partial charge in [0.1, 0.15) is 0 Å². The Morgan fingerprint density at radius 2 is 2.00 bits per heavy atom. The van der Waals surface area contributed by atoms with Crippen molar-refractivity contribution in [3.05, 3.63) is 57.2 Å². The minimum absolute atomic E-state index is 0.548. The van der Waals surface area contributed by atoms with Crippen molar-refractivity contribution in [2.45, 2.75) is 26.3 Å². The van der Waals surface area contributed by atoms with Crippen LogP contribution in [-0.2, 0) is 13.0 Å². The number of nitrogens with zero attached hydrogens (tertiary/aromatic N) is 3. The Labute approximate surface area is 169 Å². The van der Waals surface area contributed by atoms with Gasteiger partial charge in [-0.2, -0.15) is 5.26 Å². The third-order valence-electron chi connectivity index (χ3n) is 4.35. The molecule has 0 spiro atoms. The first-order valence-corrected chi connectivity index (χ1v) is 10.7. The summed E-state index contributed by atoms with van der Waals surface area (Å²) < 4.78 is 0. The minimum Gasteiger partial charge on any atom is -0.374 e. The molecule has 0 aliphatic carbocycles. The van der Waals surface area contributed by atoms with Gasteiger partial charge in [0.15, 0.2) is 0 Å². The van der Waals surface area contributed by atoms with Gasteiger partial charge >= 0.3 is 0 Å². The molecule has 140 valence electrons. The van der Waals surface area contributed by atoms with Crippen molar-refractivity contribution in [1.82, 2.24) is 10.3 Å². The number of rotatable bonds is 9. The zero-order valence-electron chi connectivity index (χ0n) is 15.7. The van der Waals surface area contributed by atoms with E-state index < -0.39 is 0 Å². The second-order valence-corrected chi connectivity index (χ2v) is 8.67. The number of aromatic nitrogens is 1. The fourth-order valence-electron chi connectivity index (χ4n) is 2.79. The molecule has 1 aromatic carbocycles. The Kier molecular flexibility index (Phi) is 6.99. The Bertz CT molecular complexity index is 890. The Hall–Kier alpha value is -2.20. The SMILES string of the molecule is Cc1nc(-c2ccc(CCNCc3ccc(N(C)CCC#N)cc3)s2)cs1. The molecule has 4 nitrogen and oxygen atoms in total. The molecule has 6 heteroatoms. The van der Waals surface area contributed by atoms with E-state index in [0.29, 0.717) is 6.42 Å². The summed E-state index contributed by atoms with van der Waals surface area (Å²) in [5, 5.41) is 15.4. The lowest BCUT2D eigenvalue weighted by Crippen LogP contribution is -2.18. The lowest BCUT2D eigenvalue weighted by Gasteiger charge is -2.18. The van der Waals surface area contributed by atoms with Gasteiger partial charge in [-0.15, -0.1) is 22.7 Å². The number of nitrogens with one attached hydrogen (secondary N) is 1. The highest BCUT2D eigenvalue weighted by atomic mass is 32.1. The van der Waals surface area contributed by atoms with E-state index in [1.54, 1.807) is 11.3 Å². The van der Waals surface area contributed by atoms with E-state index in [1.165, 1.54) is 15.3 Å². The Morgan fingerprint density at radius 3 is 2.70 bits per heavy atom. The molecule has 0 aliphatic heterocycles. The molecular formula is C21H24N4S2. The van der Waals surface area contributed by atoms with Crippen LogP contribution in [0.4, 0.5) is 5.69 Å². The van der Waals surface area contributed by atoms with Crippen LogP contribution in [0.5, 0.6) is 0 Å². The van der Waals surface area contributed by atoms with Gasteiger partial charge in [-0.3, -0.25) is 0 Å². The molecule has 0 atom stereocenters. The number of hydrogen-bond acceptors (Lipinski definition) is 6. The van der Waals surface area contributed by atoms with Crippen LogP contribution in [0.15, 0.2) is 41.8 Å². The highest BCUT2D eigenvalue weighted by molar-refractivity contribution is 7.16. The number of aryl methyl sites for hydroxylation is 1. The van der Waals surface area contributed by atoms with E-state index >= 15 is 0 Å². The first-order chi connectivity index (χ1) is 13.2. The van der Waals surface area contributed by atoms with Crippen LogP contribution in [0.2, 0.25) is 0 Å². The molecule has 27 heavy (non-hydrogen) atoms. The Morgan fingerprint density at radius 1 is 1.19 bits per heavy atom. The number of hydrogen-bond donors (Lipinski definition) is 1. The van der Waals surface area contributed by atoms with Crippen LogP contribution < -0.4 is 10.2 Å². The van der Waals surface area contributed by atoms with E-state index in [9.17, 15) is 0 Å². The number of nitriles is 1. The summed E-state index contributed by atoms with van der Waals surface area (Å²) >= 11 is 3.53. The quantitative estimate of drug-likeness (QED) is 0.525. The molecule has 0 aliphatic rings. The maximum atomic E-state index is 8.68. The predicted molar refractivity (Wildman–Crippen MR) is 116 cm³/mol. The van der Waals surface area contributed by atoms with Crippen molar-refractivity contribution in [2.75, 3.05) is 25.0 Å².